The summed E-state index contributed by atoms with van der Waals surface area (Å²) in [5.74, 6) is -0.151. The Morgan fingerprint density at radius 2 is 1.94 bits per heavy atom. The van der Waals surface area contributed by atoms with Gasteiger partial charge in [0, 0.05) is 31.1 Å². The molecule has 2 unspecified atom stereocenters. The largest absolute Gasteiger partial charge is 0.298 e. The van der Waals surface area contributed by atoms with Crippen LogP contribution in [0.5, 0.6) is 0 Å². The van der Waals surface area contributed by atoms with Gasteiger partial charge < -0.3 is 0 Å². The number of amides is 2. The summed E-state index contributed by atoms with van der Waals surface area (Å²) < 4.78 is 1.64. The van der Waals surface area contributed by atoms with Crippen molar-refractivity contribution in [1.29, 1.82) is 0 Å². The van der Waals surface area contributed by atoms with Crippen LogP contribution in [0.15, 0.2) is 48.5 Å². The lowest BCUT2D eigenvalue weighted by Crippen LogP contribution is -2.49. The first-order chi connectivity index (χ1) is 15.9. The van der Waals surface area contributed by atoms with Crippen molar-refractivity contribution < 1.29 is 14.4 Å². The number of hydrogen-bond acceptors (Lipinski definition) is 6. The van der Waals surface area contributed by atoms with Crippen LogP contribution >= 0.6 is 12.8 Å². The second-order valence-electron chi connectivity index (χ2n) is 9.17. The van der Waals surface area contributed by atoms with Crippen molar-refractivity contribution in [3.05, 3.63) is 70.8 Å². The number of likely N-dealkylation sites (tertiary alicyclic amines) is 1. The summed E-state index contributed by atoms with van der Waals surface area (Å²) in [6, 6.07) is 16.6. The summed E-state index contributed by atoms with van der Waals surface area (Å²) in [6.07, 6.45) is 3.71. The number of thiol groups is 1. The number of carbonyl (C=O) groups excluding carboxylic acids is 3. The summed E-state index contributed by atoms with van der Waals surface area (Å²) in [4.78, 5) is 37.9. The van der Waals surface area contributed by atoms with Crippen LogP contribution in [-0.2, 0) is 22.7 Å². The average molecular weight is 466 g/mol. The zero-order valence-electron chi connectivity index (χ0n) is 18.9. The predicted molar refractivity (Wildman–Crippen MR) is 131 cm³/mol. The molecule has 2 aliphatic rings. The van der Waals surface area contributed by atoms with Gasteiger partial charge in [-0.25, -0.2) is 4.31 Å². The van der Waals surface area contributed by atoms with Crippen LogP contribution in [0.3, 0.4) is 0 Å². The lowest BCUT2D eigenvalue weighted by molar-refractivity contribution is -0.136. The number of nitrogens with zero attached hydrogens (tertiary/aromatic N) is 2. The molecule has 7 heteroatoms. The fraction of sp³-hybridized carbons (Fsp3) is 0.423. The molecule has 0 aromatic heterocycles. The van der Waals surface area contributed by atoms with E-state index in [1.807, 2.05) is 12.1 Å². The Morgan fingerprint density at radius 3 is 2.64 bits per heavy atom. The number of imide groups is 1. The molecule has 3 atom stereocenters. The highest BCUT2D eigenvalue weighted by Crippen LogP contribution is 2.33. The molecule has 4 rings (SSSR count). The first kappa shape index (κ1) is 23.7. The van der Waals surface area contributed by atoms with Gasteiger partial charge in [-0.05, 0) is 55.3 Å². The van der Waals surface area contributed by atoms with Crippen molar-refractivity contribution >= 4 is 30.9 Å². The number of carbonyl (C=O) groups is 3. The minimum Gasteiger partial charge on any atom is -0.298 e. The van der Waals surface area contributed by atoms with Gasteiger partial charge in [0.05, 0.1) is 6.04 Å². The van der Waals surface area contributed by atoms with Gasteiger partial charge in [-0.2, -0.15) is 0 Å². The Balaban J connectivity index is 1.44. The average Bonchev–Trinajstić information content (AvgIpc) is 2.81. The van der Waals surface area contributed by atoms with Crippen LogP contribution in [0.2, 0.25) is 0 Å². The molecule has 33 heavy (non-hydrogen) atoms. The number of aldehydes is 1. The fourth-order valence-corrected chi connectivity index (χ4v) is 5.33. The number of hydrogen-bond donors (Lipinski definition) is 2. The fourth-order valence-electron chi connectivity index (χ4n) is 4.96. The maximum absolute atomic E-state index is 12.2. The minimum absolute atomic E-state index is 0.249. The summed E-state index contributed by atoms with van der Waals surface area (Å²) in [5.41, 5.74) is 4.04. The molecule has 2 aromatic rings. The van der Waals surface area contributed by atoms with Gasteiger partial charge in [-0.15, -0.1) is 0 Å². The summed E-state index contributed by atoms with van der Waals surface area (Å²) in [6.45, 7) is 4.64. The van der Waals surface area contributed by atoms with Gasteiger partial charge in [-0.3, -0.25) is 24.6 Å². The number of rotatable bonds is 7. The van der Waals surface area contributed by atoms with E-state index in [1.165, 1.54) is 11.1 Å². The predicted octanol–water partition coefficient (Wildman–Crippen LogP) is 3.72. The highest BCUT2D eigenvalue weighted by molar-refractivity contribution is 7.77. The van der Waals surface area contributed by atoms with E-state index >= 15 is 0 Å². The topological polar surface area (TPSA) is 69.7 Å². The molecule has 2 amide bonds. The third kappa shape index (κ3) is 5.72. The third-order valence-electron chi connectivity index (χ3n) is 6.91. The Bertz CT molecular complexity index is 1010. The number of nitrogens with one attached hydrogen (secondary N) is 1. The van der Waals surface area contributed by atoms with E-state index in [1.54, 1.807) is 4.31 Å². The van der Waals surface area contributed by atoms with Gasteiger partial charge in [-0.1, -0.05) is 61.3 Å². The Hall–Kier alpha value is -2.48. The minimum atomic E-state index is -0.490. The lowest BCUT2D eigenvalue weighted by atomic mass is 9.84. The molecular formula is C26H31N3O3S. The molecule has 0 bridgehead atoms. The van der Waals surface area contributed by atoms with Gasteiger partial charge in [0.15, 0.2) is 0 Å². The van der Waals surface area contributed by atoms with Gasteiger partial charge in [0.1, 0.15) is 6.29 Å². The van der Waals surface area contributed by atoms with Gasteiger partial charge in [0.2, 0.25) is 11.8 Å². The zero-order valence-corrected chi connectivity index (χ0v) is 19.8. The maximum Gasteiger partial charge on any atom is 0.244 e. The van der Waals surface area contributed by atoms with Crippen LogP contribution in [0.1, 0.15) is 65.6 Å². The standard InChI is InChI=1S/C26H31N3O3S/c1-18-13-21(11-12-28(18)15-19-5-3-2-4-6-19)20-7-8-22(17-30)23(14-20)16-29(33)24-9-10-25(31)27-26(24)32/h2-8,14,17-18,21,24,33H,9-13,15-16H2,1H3,(H,27,31,32)/t18-,21?,24?/m0/s1. The van der Waals surface area contributed by atoms with Crippen molar-refractivity contribution in [3.8, 4) is 0 Å². The Labute approximate surface area is 200 Å². The second kappa shape index (κ2) is 10.6. The molecule has 174 valence electrons. The van der Waals surface area contributed by atoms with E-state index in [4.69, 9.17) is 0 Å². The smallest absolute Gasteiger partial charge is 0.244 e. The molecule has 0 aliphatic carbocycles. The first-order valence-electron chi connectivity index (χ1n) is 11.6. The van der Waals surface area contributed by atoms with Crippen molar-refractivity contribution in [3.63, 3.8) is 0 Å². The molecule has 2 saturated heterocycles. The monoisotopic (exact) mass is 465 g/mol. The molecule has 6 nitrogen and oxygen atoms in total. The molecule has 2 heterocycles. The van der Waals surface area contributed by atoms with E-state index < -0.39 is 6.04 Å². The summed E-state index contributed by atoms with van der Waals surface area (Å²) >= 11 is 4.53. The van der Waals surface area contributed by atoms with E-state index in [0.29, 0.717) is 36.9 Å². The Morgan fingerprint density at radius 1 is 1.15 bits per heavy atom. The lowest BCUT2D eigenvalue weighted by Gasteiger charge is -2.38. The molecule has 0 radical (unpaired) electrons. The quantitative estimate of drug-likeness (QED) is 0.371. The van der Waals surface area contributed by atoms with Crippen LogP contribution in [-0.4, -0.2) is 45.9 Å². The molecule has 0 spiro atoms. The molecule has 1 N–H and O–H groups in total. The molecule has 2 aromatic carbocycles. The molecular weight excluding hydrogens is 434 g/mol. The summed E-state index contributed by atoms with van der Waals surface area (Å²) in [5, 5.41) is 2.37. The van der Waals surface area contributed by atoms with Crippen molar-refractivity contribution in [2.75, 3.05) is 6.54 Å². The van der Waals surface area contributed by atoms with Crippen molar-refractivity contribution in [2.45, 2.75) is 63.7 Å². The van der Waals surface area contributed by atoms with Crippen molar-refractivity contribution in [2.24, 2.45) is 0 Å². The van der Waals surface area contributed by atoms with E-state index in [2.05, 4.69) is 66.4 Å². The molecule has 2 aliphatic heterocycles. The van der Waals surface area contributed by atoms with Crippen molar-refractivity contribution in [1.82, 2.24) is 14.5 Å². The van der Waals surface area contributed by atoms with E-state index in [-0.39, 0.29) is 11.8 Å². The SMILES string of the molecule is C[C@H]1CC(c2ccc(C=O)c(CN(S)C3CCC(=O)NC3=O)c2)CCN1Cc1ccccc1. The van der Waals surface area contributed by atoms with E-state index in [9.17, 15) is 14.4 Å². The third-order valence-corrected chi connectivity index (χ3v) is 7.33. The van der Waals surface area contributed by atoms with Crippen LogP contribution in [0, 0.1) is 0 Å². The van der Waals surface area contributed by atoms with Gasteiger partial charge in [0.25, 0.3) is 0 Å². The normalized spacial score (nSPS) is 24.0. The summed E-state index contributed by atoms with van der Waals surface area (Å²) in [7, 11) is 0. The van der Waals surface area contributed by atoms with Gasteiger partial charge >= 0.3 is 0 Å². The zero-order chi connectivity index (χ0) is 23.4. The molecule has 0 saturated carbocycles. The highest BCUT2D eigenvalue weighted by atomic mass is 32.1. The maximum atomic E-state index is 12.2. The van der Waals surface area contributed by atoms with Crippen LogP contribution < -0.4 is 5.32 Å². The van der Waals surface area contributed by atoms with Crippen LogP contribution in [0.4, 0.5) is 0 Å². The molecule has 2 fully saturated rings. The Kier molecular flexibility index (Phi) is 7.63. The van der Waals surface area contributed by atoms with Crippen LogP contribution in [0.25, 0.3) is 0 Å². The number of benzene rings is 2. The number of piperidine rings is 2. The highest BCUT2D eigenvalue weighted by Gasteiger charge is 2.31. The first-order valence-corrected chi connectivity index (χ1v) is 12.0. The van der Waals surface area contributed by atoms with E-state index in [0.717, 1.165) is 37.8 Å². The second-order valence-corrected chi connectivity index (χ2v) is 9.68.